The fourth-order valence-corrected chi connectivity index (χ4v) is 4.26. The van der Waals surface area contributed by atoms with Crippen LogP contribution in [0.25, 0.3) is 0 Å². The van der Waals surface area contributed by atoms with Crippen LogP contribution in [0.5, 0.6) is 0 Å². The lowest BCUT2D eigenvalue weighted by atomic mass is 10.2. The molecule has 0 bridgehead atoms. The summed E-state index contributed by atoms with van der Waals surface area (Å²) in [4.78, 5) is 34.5. The van der Waals surface area contributed by atoms with E-state index in [9.17, 15) is 19.0 Å². The molecule has 0 saturated carbocycles. The third-order valence-electron chi connectivity index (χ3n) is 5.84. The molecule has 0 aromatic carbocycles. The predicted molar refractivity (Wildman–Crippen MR) is 187 cm³/mol. The van der Waals surface area contributed by atoms with Crippen molar-refractivity contribution in [2.24, 2.45) is 5.73 Å². The van der Waals surface area contributed by atoms with Crippen molar-refractivity contribution in [2.45, 2.75) is 90.6 Å². The second-order valence-corrected chi connectivity index (χ2v) is 11.5. The molecule has 46 heavy (non-hydrogen) atoms. The van der Waals surface area contributed by atoms with E-state index in [0.717, 1.165) is 38.5 Å². The zero-order valence-electron chi connectivity index (χ0n) is 27.8. The summed E-state index contributed by atoms with van der Waals surface area (Å²) in [5, 5.41) is 0. The SMILES string of the molecule is CC/C=C/C=C/C=C/C=C/C=C/CCCC(=O)OC(COC(=O)CCCC/C=C/C/C=C/C/C=C/CC)COP(=O)(O)OCCN. The van der Waals surface area contributed by atoms with E-state index in [2.05, 4.69) is 56.4 Å². The molecule has 0 aliphatic rings. The first kappa shape index (κ1) is 42.9. The molecule has 0 aliphatic carbocycles. The zero-order valence-corrected chi connectivity index (χ0v) is 28.6. The summed E-state index contributed by atoms with van der Waals surface area (Å²) in [5.41, 5.74) is 5.30. The van der Waals surface area contributed by atoms with Gasteiger partial charge in [0.05, 0.1) is 13.2 Å². The fraction of sp³-hybridized carbons (Fsp3) is 0.500. The van der Waals surface area contributed by atoms with Crippen LogP contribution in [-0.4, -0.2) is 49.3 Å². The summed E-state index contributed by atoms with van der Waals surface area (Å²) in [7, 11) is -4.40. The molecule has 2 atom stereocenters. The van der Waals surface area contributed by atoms with Crippen LogP contribution in [0.4, 0.5) is 0 Å². The van der Waals surface area contributed by atoms with Crippen LogP contribution in [-0.2, 0) is 32.7 Å². The Morgan fingerprint density at radius 1 is 0.674 bits per heavy atom. The number of hydrogen-bond acceptors (Lipinski definition) is 8. The van der Waals surface area contributed by atoms with Crippen LogP contribution in [0.2, 0.25) is 0 Å². The molecule has 2 unspecified atom stereocenters. The molecule has 0 aromatic heterocycles. The molecule has 258 valence electrons. The van der Waals surface area contributed by atoms with Gasteiger partial charge >= 0.3 is 19.8 Å². The van der Waals surface area contributed by atoms with Crippen LogP contribution in [0, 0.1) is 0 Å². The Labute approximate surface area is 276 Å². The van der Waals surface area contributed by atoms with E-state index in [0.29, 0.717) is 19.3 Å². The summed E-state index contributed by atoms with van der Waals surface area (Å²) in [5.74, 6) is -0.979. The quantitative estimate of drug-likeness (QED) is 0.0279. The van der Waals surface area contributed by atoms with Gasteiger partial charge in [0.1, 0.15) is 6.61 Å². The Balaban J connectivity index is 4.54. The van der Waals surface area contributed by atoms with E-state index >= 15 is 0 Å². The molecule has 0 saturated heterocycles. The van der Waals surface area contributed by atoms with Gasteiger partial charge in [-0.05, 0) is 57.8 Å². The van der Waals surface area contributed by atoms with Gasteiger partial charge in [0, 0.05) is 19.4 Å². The average molecular weight is 662 g/mol. The Bertz CT molecular complexity index is 1070. The fourth-order valence-electron chi connectivity index (χ4n) is 3.50. The third kappa shape index (κ3) is 30.9. The number of rotatable bonds is 28. The van der Waals surface area contributed by atoms with Crippen molar-refractivity contribution >= 4 is 19.8 Å². The minimum atomic E-state index is -4.40. The number of unbranched alkanes of at least 4 members (excludes halogenated alkanes) is 3. The predicted octanol–water partition coefficient (Wildman–Crippen LogP) is 8.31. The number of esters is 2. The molecule has 10 heteroatoms. The molecule has 0 aliphatic heterocycles. The van der Waals surface area contributed by atoms with Crippen molar-refractivity contribution < 1.29 is 37.6 Å². The summed E-state index contributed by atoms with van der Waals surface area (Å²) in [6.45, 7) is 3.27. The first-order valence-electron chi connectivity index (χ1n) is 16.3. The van der Waals surface area contributed by atoms with Crippen molar-refractivity contribution in [3.05, 3.63) is 97.2 Å². The number of ether oxygens (including phenoxy) is 2. The summed E-state index contributed by atoms with van der Waals surface area (Å²) >= 11 is 0. The van der Waals surface area contributed by atoms with E-state index in [4.69, 9.17) is 24.3 Å². The zero-order chi connectivity index (χ0) is 34.0. The Kier molecular flexibility index (Phi) is 29.8. The first-order valence-corrected chi connectivity index (χ1v) is 17.8. The van der Waals surface area contributed by atoms with E-state index in [1.807, 2.05) is 54.7 Å². The molecule has 0 rings (SSSR count). The number of carbonyl (C=O) groups is 2. The van der Waals surface area contributed by atoms with Crippen molar-refractivity contribution in [3.8, 4) is 0 Å². The summed E-state index contributed by atoms with van der Waals surface area (Å²) < 4.78 is 32.4. The second-order valence-electron chi connectivity index (χ2n) is 10.0. The maximum atomic E-state index is 12.4. The van der Waals surface area contributed by atoms with Gasteiger partial charge < -0.3 is 20.1 Å². The Morgan fingerprint density at radius 2 is 1.24 bits per heavy atom. The van der Waals surface area contributed by atoms with Gasteiger partial charge in [-0.15, -0.1) is 0 Å². The van der Waals surface area contributed by atoms with Crippen molar-refractivity contribution in [3.63, 3.8) is 0 Å². The van der Waals surface area contributed by atoms with Gasteiger partial charge in [0.25, 0.3) is 0 Å². The highest BCUT2D eigenvalue weighted by Crippen LogP contribution is 2.43. The highest BCUT2D eigenvalue weighted by atomic mass is 31.2. The smallest absolute Gasteiger partial charge is 0.462 e. The first-order chi connectivity index (χ1) is 22.3. The number of hydrogen-bond donors (Lipinski definition) is 2. The molecule has 0 spiro atoms. The number of carbonyl (C=O) groups excluding carboxylic acids is 2. The van der Waals surface area contributed by atoms with Crippen LogP contribution < -0.4 is 5.73 Å². The Hall–Kier alpha value is -3.07. The number of phosphoric acid groups is 1. The topological polar surface area (TPSA) is 134 Å². The molecule has 0 heterocycles. The van der Waals surface area contributed by atoms with E-state index in [-0.39, 0.29) is 32.6 Å². The standard InChI is InChI=1S/C36H56NO8P/c1-3-5-7-9-11-13-15-17-19-21-23-25-27-29-36(39)45-34(33-44-46(40,41)43-31-30-37)32-42-35(38)28-26-24-22-20-18-16-14-12-10-8-6-4-2/h5-9,11-15,17-21,23,34H,3-4,10,16,22,24-33,37H2,1-2H3,(H,40,41)/b7-5+,8-6+,11-9+,14-12+,15-13+,19-17+,20-18+,23-21+. The van der Waals surface area contributed by atoms with Crippen molar-refractivity contribution in [1.82, 2.24) is 0 Å². The van der Waals surface area contributed by atoms with Gasteiger partial charge in [0.15, 0.2) is 6.10 Å². The lowest BCUT2D eigenvalue weighted by molar-refractivity contribution is -0.161. The maximum Gasteiger partial charge on any atom is 0.472 e. The molecule has 3 N–H and O–H groups in total. The molecular formula is C36H56NO8P. The monoisotopic (exact) mass is 661 g/mol. The van der Waals surface area contributed by atoms with Gasteiger partial charge in [-0.1, -0.05) is 111 Å². The lowest BCUT2D eigenvalue weighted by Crippen LogP contribution is -2.29. The molecule has 0 radical (unpaired) electrons. The van der Waals surface area contributed by atoms with Gasteiger partial charge in [-0.3, -0.25) is 18.6 Å². The van der Waals surface area contributed by atoms with E-state index < -0.39 is 32.5 Å². The van der Waals surface area contributed by atoms with Crippen molar-refractivity contribution in [2.75, 3.05) is 26.4 Å². The van der Waals surface area contributed by atoms with Gasteiger partial charge in [-0.2, -0.15) is 0 Å². The molecule has 0 fully saturated rings. The van der Waals surface area contributed by atoms with E-state index in [1.165, 1.54) is 0 Å². The normalized spacial score (nSPS) is 14.8. The minimum absolute atomic E-state index is 0.0307. The van der Waals surface area contributed by atoms with Gasteiger partial charge in [-0.25, -0.2) is 4.57 Å². The van der Waals surface area contributed by atoms with Crippen LogP contribution in [0.3, 0.4) is 0 Å². The number of allylic oxidation sites excluding steroid dienone is 16. The Morgan fingerprint density at radius 3 is 1.89 bits per heavy atom. The summed E-state index contributed by atoms with van der Waals surface area (Å²) in [6, 6.07) is 0. The minimum Gasteiger partial charge on any atom is -0.462 e. The molecule has 0 amide bonds. The maximum absolute atomic E-state index is 12.4. The molecule has 9 nitrogen and oxygen atoms in total. The molecular weight excluding hydrogens is 605 g/mol. The lowest BCUT2D eigenvalue weighted by Gasteiger charge is -2.19. The van der Waals surface area contributed by atoms with Crippen LogP contribution in [0.15, 0.2) is 97.2 Å². The van der Waals surface area contributed by atoms with Crippen LogP contribution in [0.1, 0.15) is 84.5 Å². The second kappa shape index (κ2) is 31.9. The average Bonchev–Trinajstić information content (AvgIpc) is 3.04. The van der Waals surface area contributed by atoms with Crippen molar-refractivity contribution in [1.29, 1.82) is 0 Å². The van der Waals surface area contributed by atoms with E-state index in [1.54, 1.807) is 0 Å². The highest BCUT2D eigenvalue weighted by molar-refractivity contribution is 7.47. The number of nitrogens with two attached hydrogens (primary N) is 1. The summed E-state index contributed by atoms with van der Waals surface area (Å²) in [6.07, 6.45) is 38.9. The highest BCUT2D eigenvalue weighted by Gasteiger charge is 2.25. The largest absolute Gasteiger partial charge is 0.472 e. The third-order valence-corrected chi connectivity index (χ3v) is 6.83. The van der Waals surface area contributed by atoms with Gasteiger partial charge in [0.2, 0.25) is 0 Å². The molecule has 0 aromatic rings. The van der Waals surface area contributed by atoms with Crippen LogP contribution >= 0.6 is 7.82 Å². The number of phosphoric ester groups is 1.